The van der Waals surface area contributed by atoms with Gasteiger partial charge in [-0.3, -0.25) is 4.79 Å². The number of carbonyl (C=O) groups excluding carboxylic acids is 1. The summed E-state index contributed by atoms with van der Waals surface area (Å²) >= 11 is 0. The van der Waals surface area contributed by atoms with Gasteiger partial charge in [0.25, 0.3) is 0 Å². The maximum absolute atomic E-state index is 11.9. The highest BCUT2D eigenvalue weighted by Crippen LogP contribution is 2.31. The fourth-order valence-corrected chi connectivity index (χ4v) is 2.52. The second kappa shape index (κ2) is 6.11. The second-order valence-corrected chi connectivity index (χ2v) is 4.73. The molecule has 1 aliphatic rings. The summed E-state index contributed by atoms with van der Waals surface area (Å²) in [7, 11) is 0. The number of rotatable bonds is 5. The van der Waals surface area contributed by atoms with Gasteiger partial charge in [-0.25, -0.2) is 0 Å². The molecule has 15 heavy (non-hydrogen) atoms. The molecule has 0 radical (unpaired) electrons. The van der Waals surface area contributed by atoms with Crippen molar-refractivity contribution in [2.45, 2.75) is 52.0 Å². The maximum Gasteiger partial charge on any atom is 0.223 e. The maximum atomic E-state index is 11.9. The molecule has 0 spiro atoms. The van der Waals surface area contributed by atoms with Gasteiger partial charge in [0, 0.05) is 12.0 Å². The molecule has 1 fully saturated rings. The lowest BCUT2D eigenvalue weighted by atomic mass is 9.95. The molecule has 88 valence electrons. The van der Waals surface area contributed by atoms with Crippen molar-refractivity contribution in [2.75, 3.05) is 6.54 Å². The third kappa shape index (κ3) is 3.49. The van der Waals surface area contributed by atoms with Crippen LogP contribution >= 0.6 is 0 Å². The predicted octanol–water partition coefficient (Wildman–Crippen LogP) is 1.67. The first-order valence-electron chi connectivity index (χ1n) is 6.19. The normalized spacial score (nSPS) is 27.7. The molecule has 3 unspecified atom stereocenters. The zero-order valence-electron chi connectivity index (χ0n) is 9.96. The fraction of sp³-hybridized carbons (Fsp3) is 0.917. The summed E-state index contributed by atoms with van der Waals surface area (Å²) in [6.07, 6.45) is 5.48. The van der Waals surface area contributed by atoms with Crippen LogP contribution in [0, 0.1) is 11.8 Å². The summed E-state index contributed by atoms with van der Waals surface area (Å²) in [4.78, 5) is 11.9. The molecular formula is C12H24N2O. The number of hydrogen-bond donors (Lipinski definition) is 2. The van der Waals surface area contributed by atoms with Gasteiger partial charge in [0.15, 0.2) is 0 Å². The van der Waals surface area contributed by atoms with Crippen LogP contribution in [0.25, 0.3) is 0 Å². The molecule has 1 saturated carbocycles. The van der Waals surface area contributed by atoms with Crippen LogP contribution in [-0.2, 0) is 4.79 Å². The smallest absolute Gasteiger partial charge is 0.223 e. The standard InChI is InChI=1S/C12H24N2O/c1-3-5-9(2)14-12(15)11-7-4-6-10(11)8-13/h9-11H,3-8,13H2,1-2H3,(H,14,15). The van der Waals surface area contributed by atoms with Gasteiger partial charge < -0.3 is 11.1 Å². The lowest BCUT2D eigenvalue weighted by Crippen LogP contribution is -2.39. The Kier molecular flexibility index (Phi) is 5.09. The van der Waals surface area contributed by atoms with Gasteiger partial charge in [-0.2, -0.15) is 0 Å². The first-order valence-corrected chi connectivity index (χ1v) is 6.19. The van der Waals surface area contributed by atoms with E-state index >= 15 is 0 Å². The monoisotopic (exact) mass is 212 g/mol. The summed E-state index contributed by atoms with van der Waals surface area (Å²) in [5.41, 5.74) is 5.67. The van der Waals surface area contributed by atoms with Crippen LogP contribution in [0.1, 0.15) is 46.0 Å². The molecule has 0 heterocycles. The van der Waals surface area contributed by atoms with Gasteiger partial charge in [-0.15, -0.1) is 0 Å². The highest BCUT2D eigenvalue weighted by Gasteiger charge is 2.32. The van der Waals surface area contributed by atoms with Crippen molar-refractivity contribution in [2.24, 2.45) is 17.6 Å². The van der Waals surface area contributed by atoms with E-state index in [4.69, 9.17) is 5.73 Å². The Balaban J connectivity index is 2.38. The van der Waals surface area contributed by atoms with Crippen LogP contribution in [0.5, 0.6) is 0 Å². The summed E-state index contributed by atoms with van der Waals surface area (Å²) in [6, 6.07) is 0.307. The van der Waals surface area contributed by atoms with E-state index in [0.29, 0.717) is 18.5 Å². The molecule has 0 aromatic rings. The SMILES string of the molecule is CCCC(C)NC(=O)C1CCCC1CN. The van der Waals surface area contributed by atoms with E-state index in [2.05, 4.69) is 19.2 Å². The molecule has 1 amide bonds. The zero-order valence-corrected chi connectivity index (χ0v) is 9.96. The largest absolute Gasteiger partial charge is 0.353 e. The molecule has 3 atom stereocenters. The predicted molar refractivity (Wildman–Crippen MR) is 62.4 cm³/mol. The summed E-state index contributed by atoms with van der Waals surface area (Å²) in [5, 5.41) is 3.09. The van der Waals surface area contributed by atoms with Crippen LogP contribution < -0.4 is 11.1 Å². The molecule has 3 nitrogen and oxygen atoms in total. The third-order valence-electron chi connectivity index (χ3n) is 3.41. The lowest BCUT2D eigenvalue weighted by Gasteiger charge is -2.20. The van der Waals surface area contributed by atoms with E-state index in [1.807, 2.05) is 0 Å². The van der Waals surface area contributed by atoms with Crippen molar-refractivity contribution in [1.82, 2.24) is 5.32 Å². The number of amides is 1. The molecule has 0 aromatic heterocycles. The van der Waals surface area contributed by atoms with E-state index in [-0.39, 0.29) is 11.8 Å². The van der Waals surface area contributed by atoms with E-state index in [1.165, 1.54) is 0 Å². The Labute approximate surface area is 92.8 Å². The number of hydrogen-bond acceptors (Lipinski definition) is 2. The van der Waals surface area contributed by atoms with Gasteiger partial charge in [0.2, 0.25) is 5.91 Å². The molecule has 0 saturated heterocycles. The van der Waals surface area contributed by atoms with Crippen molar-refractivity contribution in [3.63, 3.8) is 0 Å². The Morgan fingerprint density at radius 2 is 2.27 bits per heavy atom. The van der Waals surface area contributed by atoms with Crippen LogP contribution in [0.2, 0.25) is 0 Å². The van der Waals surface area contributed by atoms with Crippen LogP contribution in [0.4, 0.5) is 0 Å². The number of nitrogens with two attached hydrogens (primary N) is 1. The Bertz CT molecular complexity index is 206. The Morgan fingerprint density at radius 3 is 2.87 bits per heavy atom. The Morgan fingerprint density at radius 1 is 1.53 bits per heavy atom. The van der Waals surface area contributed by atoms with E-state index in [1.54, 1.807) is 0 Å². The van der Waals surface area contributed by atoms with Gasteiger partial charge >= 0.3 is 0 Å². The minimum atomic E-state index is 0.175. The van der Waals surface area contributed by atoms with Gasteiger partial charge in [0.1, 0.15) is 0 Å². The second-order valence-electron chi connectivity index (χ2n) is 4.73. The molecular weight excluding hydrogens is 188 g/mol. The molecule has 0 bridgehead atoms. The Hall–Kier alpha value is -0.570. The van der Waals surface area contributed by atoms with E-state index < -0.39 is 0 Å². The molecule has 3 N–H and O–H groups in total. The zero-order chi connectivity index (χ0) is 11.3. The molecule has 1 aliphatic carbocycles. The first-order chi connectivity index (χ1) is 7.19. The van der Waals surface area contributed by atoms with Gasteiger partial charge in [-0.1, -0.05) is 19.8 Å². The first kappa shape index (κ1) is 12.5. The molecule has 0 aromatic carbocycles. The minimum absolute atomic E-state index is 0.175. The highest BCUT2D eigenvalue weighted by atomic mass is 16.1. The van der Waals surface area contributed by atoms with Gasteiger partial charge in [0.05, 0.1) is 0 Å². The van der Waals surface area contributed by atoms with Crippen molar-refractivity contribution >= 4 is 5.91 Å². The van der Waals surface area contributed by atoms with Gasteiger partial charge in [-0.05, 0) is 38.6 Å². The molecule has 3 heteroatoms. The van der Waals surface area contributed by atoms with Crippen molar-refractivity contribution in [3.05, 3.63) is 0 Å². The average Bonchev–Trinajstić information content (AvgIpc) is 2.65. The quantitative estimate of drug-likeness (QED) is 0.728. The third-order valence-corrected chi connectivity index (χ3v) is 3.41. The molecule has 0 aliphatic heterocycles. The molecule has 1 rings (SSSR count). The number of nitrogens with one attached hydrogen (secondary N) is 1. The van der Waals surface area contributed by atoms with Crippen LogP contribution in [0.15, 0.2) is 0 Å². The average molecular weight is 212 g/mol. The number of carbonyl (C=O) groups is 1. The summed E-state index contributed by atoms with van der Waals surface area (Å²) < 4.78 is 0. The van der Waals surface area contributed by atoms with Crippen molar-refractivity contribution < 1.29 is 4.79 Å². The van der Waals surface area contributed by atoms with Crippen molar-refractivity contribution in [3.8, 4) is 0 Å². The fourth-order valence-electron chi connectivity index (χ4n) is 2.52. The highest BCUT2D eigenvalue weighted by molar-refractivity contribution is 5.79. The lowest BCUT2D eigenvalue weighted by molar-refractivity contribution is -0.126. The minimum Gasteiger partial charge on any atom is -0.353 e. The summed E-state index contributed by atoms with van der Waals surface area (Å²) in [5.74, 6) is 0.817. The topological polar surface area (TPSA) is 55.1 Å². The summed E-state index contributed by atoms with van der Waals surface area (Å²) in [6.45, 7) is 4.87. The van der Waals surface area contributed by atoms with Crippen LogP contribution in [0.3, 0.4) is 0 Å². The van der Waals surface area contributed by atoms with Crippen molar-refractivity contribution in [1.29, 1.82) is 0 Å². The van der Waals surface area contributed by atoms with E-state index in [0.717, 1.165) is 32.1 Å². The van der Waals surface area contributed by atoms with E-state index in [9.17, 15) is 4.79 Å². The van der Waals surface area contributed by atoms with Crippen LogP contribution in [-0.4, -0.2) is 18.5 Å².